The van der Waals surface area contributed by atoms with Crippen LogP contribution in [-0.4, -0.2) is 4.98 Å². The van der Waals surface area contributed by atoms with E-state index in [9.17, 15) is 4.91 Å². The Kier molecular flexibility index (Phi) is 3.88. The molecule has 0 unspecified atom stereocenters. The molecule has 0 saturated carbocycles. The van der Waals surface area contributed by atoms with Crippen molar-refractivity contribution < 1.29 is 0 Å². The maximum Gasteiger partial charge on any atom is 0.175 e. The Hall–Kier alpha value is -2.26. The Balaban J connectivity index is 2.38. The van der Waals surface area contributed by atoms with E-state index in [1.165, 1.54) is 11.3 Å². The number of thiazole rings is 1. The van der Waals surface area contributed by atoms with E-state index < -0.39 is 0 Å². The van der Waals surface area contributed by atoms with Gasteiger partial charge in [-0.2, -0.15) is 5.26 Å². The molecule has 96 valence electrons. The fraction of sp³-hybridized carbons (Fsp3) is 0.231. The van der Waals surface area contributed by atoms with Crippen molar-refractivity contribution in [3.63, 3.8) is 0 Å². The van der Waals surface area contributed by atoms with Gasteiger partial charge in [0.05, 0.1) is 10.7 Å². The second-order valence-corrected chi connectivity index (χ2v) is 5.26. The molecule has 2 rings (SSSR count). The molecule has 0 saturated heterocycles. The summed E-state index contributed by atoms with van der Waals surface area (Å²) >= 11 is 1.42. The van der Waals surface area contributed by atoms with E-state index in [2.05, 4.69) is 21.5 Å². The molecule has 5 nitrogen and oxygen atoms in total. The van der Waals surface area contributed by atoms with Crippen LogP contribution in [0, 0.1) is 16.2 Å². The van der Waals surface area contributed by atoms with Crippen molar-refractivity contribution in [1.29, 1.82) is 5.26 Å². The average molecular weight is 272 g/mol. The molecular formula is C13H12N4OS. The third-order valence-corrected chi connectivity index (χ3v) is 3.77. The summed E-state index contributed by atoms with van der Waals surface area (Å²) in [6, 6.07) is 8.95. The zero-order valence-corrected chi connectivity index (χ0v) is 11.4. The summed E-state index contributed by atoms with van der Waals surface area (Å²) in [4.78, 5) is 15.0. The highest BCUT2D eigenvalue weighted by Crippen LogP contribution is 2.34. The first kappa shape index (κ1) is 13.2. The van der Waals surface area contributed by atoms with Gasteiger partial charge in [-0.05, 0) is 17.3 Å². The molecule has 0 spiro atoms. The summed E-state index contributed by atoms with van der Waals surface area (Å²) in [5, 5.41) is 16.6. The predicted molar refractivity (Wildman–Crippen MR) is 76.1 cm³/mol. The molecular weight excluding hydrogens is 260 g/mol. The number of hydrogen-bond donors (Lipinski definition) is 1. The van der Waals surface area contributed by atoms with Crippen LogP contribution >= 0.6 is 11.3 Å². The first-order chi connectivity index (χ1) is 9.15. The zero-order valence-electron chi connectivity index (χ0n) is 10.5. The molecule has 0 radical (unpaired) electrons. The van der Waals surface area contributed by atoms with Crippen LogP contribution in [0.25, 0.3) is 0 Å². The second kappa shape index (κ2) is 5.59. The largest absolute Gasteiger partial charge is 0.343 e. The fourth-order valence-corrected chi connectivity index (χ4v) is 2.46. The Morgan fingerprint density at radius 3 is 2.79 bits per heavy atom. The lowest BCUT2D eigenvalue weighted by Gasteiger charge is -2.04. The third-order valence-electron chi connectivity index (χ3n) is 2.49. The third kappa shape index (κ3) is 2.77. The number of nitriles is 1. The van der Waals surface area contributed by atoms with Gasteiger partial charge in [0.1, 0.15) is 16.8 Å². The van der Waals surface area contributed by atoms with Gasteiger partial charge in [0, 0.05) is 5.92 Å². The van der Waals surface area contributed by atoms with Crippen LogP contribution in [0.5, 0.6) is 0 Å². The quantitative estimate of drug-likeness (QED) is 0.842. The molecule has 0 aliphatic rings. The van der Waals surface area contributed by atoms with Crippen molar-refractivity contribution in [2.45, 2.75) is 19.8 Å². The molecule has 1 N–H and O–H groups in total. The van der Waals surface area contributed by atoms with Crippen LogP contribution in [0.15, 0.2) is 29.4 Å². The maximum absolute atomic E-state index is 10.7. The van der Waals surface area contributed by atoms with Crippen LogP contribution in [0.3, 0.4) is 0 Å². The van der Waals surface area contributed by atoms with Gasteiger partial charge >= 0.3 is 0 Å². The minimum atomic E-state index is 0.257. The van der Waals surface area contributed by atoms with Gasteiger partial charge in [-0.3, -0.25) is 0 Å². The lowest BCUT2D eigenvalue weighted by atomic mass is 10.2. The smallest absolute Gasteiger partial charge is 0.175 e. The van der Waals surface area contributed by atoms with Crippen LogP contribution < -0.4 is 5.32 Å². The van der Waals surface area contributed by atoms with Gasteiger partial charge < -0.3 is 5.32 Å². The summed E-state index contributed by atoms with van der Waals surface area (Å²) in [6.07, 6.45) is 0. The van der Waals surface area contributed by atoms with Gasteiger partial charge in [-0.25, -0.2) is 4.98 Å². The zero-order chi connectivity index (χ0) is 13.8. The molecule has 0 amide bonds. The lowest BCUT2D eigenvalue weighted by molar-refractivity contribution is 0.850. The number of nitrogens with one attached hydrogen (secondary N) is 1. The van der Waals surface area contributed by atoms with E-state index in [0.717, 1.165) is 5.01 Å². The number of anilines is 2. The molecule has 1 heterocycles. The van der Waals surface area contributed by atoms with Crippen LogP contribution in [0.1, 0.15) is 30.5 Å². The molecule has 0 bridgehead atoms. The van der Waals surface area contributed by atoms with Crippen molar-refractivity contribution in [1.82, 2.24) is 4.98 Å². The minimum absolute atomic E-state index is 0.257. The number of nitrogens with zero attached hydrogens (tertiary/aromatic N) is 3. The normalized spacial score (nSPS) is 10.2. The number of benzene rings is 1. The van der Waals surface area contributed by atoms with E-state index >= 15 is 0 Å². The topological polar surface area (TPSA) is 78.1 Å². The molecule has 2 aromatic rings. The van der Waals surface area contributed by atoms with E-state index in [1.807, 2.05) is 13.8 Å². The van der Waals surface area contributed by atoms with Crippen molar-refractivity contribution >= 4 is 27.7 Å². The van der Waals surface area contributed by atoms with Crippen molar-refractivity contribution in [3.05, 3.63) is 39.9 Å². The molecule has 0 fully saturated rings. The number of hydrogen-bond acceptors (Lipinski definition) is 6. The number of rotatable bonds is 4. The minimum Gasteiger partial charge on any atom is -0.343 e. The average Bonchev–Trinajstić information content (AvgIpc) is 2.82. The molecule has 1 aromatic heterocycles. The molecule has 0 aliphatic carbocycles. The van der Waals surface area contributed by atoms with Gasteiger partial charge in [0.2, 0.25) is 0 Å². The van der Waals surface area contributed by atoms with E-state index in [4.69, 9.17) is 5.26 Å². The number of aromatic nitrogens is 1. The van der Waals surface area contributed by atoms with Crippen LogP contribution in [0.2, 0.25) is 0 Å². The summed E-state index contributed by atoms with van der Waals surface area (Å²) in [7, 11) is 0. The SMILES string of the molecule is CC(C)c1nc(C#N)c(Nc2ccccc2N=O)s1. The number of nitroso groups, excluding NO2 is 1. The van der Waals surface area contributed by atoms with Gasteiger partial charge in [0.15, 0.2) is 5.69 Å². The Morgan fingerprint density at radius 1 is 1.42 bits per heavy atom. The van der Waals surface area contributed by atoms with Crippen LogP contribution in [-0.2, 0) is 0 Å². The van der Waals surface area contributed by atoms with Gasteiger partial charge in [-0.15, -0.1) is 4.91 Å². The predicted octanol–water partition coefficient (Wildman–Crippen LogP) is 4.28. The maximum atomic E-state index is 10.7. The Bertz CT molecular complexity index is 642. The summed E-state index contributed by atoms with van der Waals surface area (Å²) in [5.74, 6) is 0.257. The Morgan fingerprint density at radius 2 is 2.16 bits per heavy atom. The fourth-order valence-electron chi connectivity index (χ4n) is 1.53. The summed E-state index contributed by atoms with van der Waals surface area (Å²) < 4.78 is 0. The van der Waals surface area contributed by atoms with Crippen molar-refractivity contribution in [3.8, 4) is 6.07 Å². The summed E-state index contributed by atoms with van der Waals surface area (Å²) in [5.41, 5.74) is 1.23. The van der Waals surface area contributed by atoms with E-state index in [-0.39, 0.29) is 5.92 Å². The molecule has 1 aromatic carbocycles. The van der Waals surface area contributed by atoms with Crippen molar-refractivity contribution in [2.24, 2.45) is 5.18 Å². The first-order valence-corrected chi connectivity index (χ1v) is 6.57. The molecule has 0 aliphatic heterocycles. The monoisotopic (exact) mass is 272 g/mol. The Labute approximate surface area is 114 Å². The van der Waals surface area contributed by atoms with E-state index in [0.29, 0.717) is 22.1 Å². The van der Waals surface area contributed by atoms with Crippen LogP contribution in [0.4, 0.5) is 16.4 Å². The highest BCUT2D eigenvalue weighted by molar-refractivity contribution is 7.16. The van der Waals surface area contributed by atoms with E-state index in [1.54, 1.807) is 24.3 Å². The highest BCUT2D eigenvalue weighted by Gasteiger charge is 2.14. The molecule has 19 heavy (non-hydrogen) atoms. The van der Waals surface area contributed by atoms with Gasteiger partial charge in [-0.1, -0.05) is 37.3 Å². The standard InChI is InChI=1S/C13H12N4OS/c1-8(2)12-16-11(7-14)13(19-12)15-9-5-3-4-6-10(9)17-18/h3-6,8,15H,1-2H3. The van der Waals surface area contributed by atoms with Gasteiger partial charge in [0.25, 0.3) is 0 Å². The van der Waals surface area contributed by atoms with Crippen molar-refractivity contribution in [2.75, 3.05) is 5.32 Å². The number of para-hydroxylation sites is 1. The first-order valence-electron chi connectivity index (χ1n) is 5.76. The highest BCUT2D eigenvalue weighted by atomic mass is 32.1. The lowest BCUT2D eigenvalue weighted by Crippen LogP contribution is -1.90. The second-order valence-electron chi connectivity index (χ2n) is 4.23. The molecule has 6 heteroatoms. The summed E-state index contributed by atoms with van der Waals surface area (Å²) in [6.45, 7) is 4.04. The molecule has 0 atom stereocenters.